The van der Waals surface area contributed by atoms with Gasteiger partial charge in [0, 0.05) is 22.4 Å². The Balaban J connectivity index is 1.09. The highest BCUT2D eigenvalue weighted by molar-refractivity contribution is 5.98. The monoisotopic (exact) mass is 815 g/mol. The van der Waals surface area contributed by atoms with Crippen LogP contribution in [0.5, 0.6) is 0 Å². The second-order valence-corrected chi connectivity index (χ2v) is 17.3. The smallest absolute Gasteiger partial charge is 0.0714 e. The van der Waals surface area contributed by atoms with Crippen LogP contribution in [0.25, 0.3) is 44.5 Å². The minimum atomic E-state index is -0.516. The minimum Gasteiger partial charge on any atom is -0.310 e. The average molecular weight is 816 g/mol. The lowest BCUT2D eigenvalue weighted by atomic mass is 9.68. The molecule has 0 N–H and O–H groups in total. The zero-order valence-corrected chi connectivity index (χ0v) is 35.7. The van der Waals surface area contributed by atoms with E-state index in [1.807, 2.05) is 0 Å². The van der Waals surface area contributed by atoms with Gasteiger partial charge in [0.2, 0.25) is 0 Å². The van der Waals surface area contributed by atoms with E-state index in [9.17, 15) is 0 Å². The van der Waals surface area contributed by atoms with Gasteiger partial charge in [0.15, 0.2) is 0 Å². The van der Waals surface area contributed by atoms with Crippen LogP contribution in [0.15, 0.2) is 255 Å². The van der Waals surface area contributed by atoms with Crippen LogP contribution in [0.3, 0.4) is 0 Å². The molecule has 1 unspecified atom stereocenters. The fourth-order valence-corrected chi connectivity index (χ4v) is 11.1. The van der Waals surface area contributed by atoms with Crippen LogP contribution in [0.1, 0.15) is 45.9 Å². The van der Waals surface area contributed by atoms with Crippen molar-refractivity contribution < 1.29 is 0 Å². The summed E-state index contributed by atoms with van der Waals surface area (Å²) in [5, 5.41) is 0. The lowest BCUT2D eigenvalue weighted by Crippen LogP contribution is -2.28. The molecule has 0 aliphatic heterocycles. The standard InChI is InChI=1S/C63H45N/c1-62(48-24-8-3-9-25-48)56-32-16-14-30-53(56)55-43-52(40-41-57(55)62)64(51-38-36-45(37-39-51)47-23-18-22-46(42-47)44-20-6-2-7-21-44)60-35-19-34-59-61(60)54-31-15-17-33-58(54)63(59,49-26-10-4-11-27-49)50-28-12-5-13-29-50/h2-43H,1H3. The lowest BCUT2D eigenvalue weighted by molar-refractivity contribution is 0.714. The fourth-order valence-electron chi connectivity index (χ4n) is 11.1. The van der Waals surface area contributed by atoms with Crippen molar-refractivity contribution in [2.24, 2.45) is 0 Å². The van der Waals surface area contributed by atoms with E-state index in [1.165, 1.54) is 83.5 Å². The van der Waals surface area contributed by atoms with E-state index in [-0.39, 0.29) is 5.41 Å². The molecule has 10 aromatic carbocycles. The van der Waals surface area contributed by atoms with E-state index < -0.39 is 5.41 Å². The normalized spacial score (nSPS) is 15.1. The molecule has 0 radical (unpaired) electrons. The molecular weight excluding hydrogens is 771 g/mol. The Hall–Kier alpha value is -8.00. The van der Waals surface area contributed by atoms with Gasteiger partial charge in [-0.3, -0.25) is 0 Å². The number of fused-ring (bicyclic) bond motifs is 6. The van der Waals surface area contributed by atoms with Gasteiger partial charge >= 0.3 is 0 Å². The maximum absolute atomic E-state index is 2.51. The van der Waals surface area contributed by atoms with E-state index in [4.69, 9.17) is 0 Å². The molecular formula is C63H45N. The molecule has 2 aliphatic rings. The summed E-state index contributed by atoms with van der Waals surface area (Å²) < 4.78 is 0. The summed E-state index contributed by atoms with van der Waals surface area (Å²) in [7, 11) is 0. The van der Waals surface area contributed by atoms with Crippen molar-refractivity contribution in [3.8, 4) is 44.5 Å². The Morgan fingerprint density at radius 2 is 0.766 bits per heavy atom. The zero-order valence-electron chi connectivity index (χ0n) is 35.7. The van der Waals surface area contributed by atoms with Gasteiger partial charge in [-0.15, -0.1) is 0 Å². The van der Waals surface area contributed by atoms with Crippen molar-refractivity contribution in [1.29, 1.82) is 0 Å². The van der Waals surface area contributed by atoms with E-state index in [2.05, 4.69) is 267 Å². The maximum Gasteiger partial charge on any atom is 0.0714 e. The highest BCUT2D eigenvalue weighted by Gasteiger charge is 2.47. The molecule has 1 heteroatoms. The third-order valence-electron chi connectivity index (χ3n) is 14.0. The van der Waals surface area contributed by atoms with Crippen LogP contribution in [-0.2, 0) is 10.8 Å². The Bertz CT molecular complexity index is 3280. The van der Waals surface area contributed by atoms with Crippen LogP contribution < -0.4 is 4.90 Å². The van der Waals surface area contributed by atoms with Crippen molar-refractivity contribution in [1.82, 2.24) is 0 Å². The predicted octanol–water partition coefficient (Wildman–Crippen LogP) is 16.2. The first-order valence-electron chi connectivity index (χ1n) is 22.3. The highest BCUT2D eigenvalue weighted by atomic mass is 15.1. The third-order valence-corrected chi connectivity index (χ3v) is 14.0. The minimum absolute atomic E-state index is 0.287. The molecule has 302 valence electrons. The van der Waals surface area contributed by atoms with Crippen LogP contribution in [-0.4, -0.2) is 0 Å². The summed E-state index contributed by atoms with van der Waals surface area (Å²) in [5.74, 6) is 0. The Labute approximate surface area is 376 Å². The number of hydrogen-bond donors (Lipinski definition) is 0. The second kappa shape index (κ2) is 15.1. The molecule has 1 atom stereocenters. The molecule has 12 rings (SSSR count). The molecule has 10 aromatic rings. The largest absolute Gasteiger partial charge is 0.310 e. The summed E-state index contributed by atoms with van der Waals surface area (Å²) in [5.41, 5.74) is 21.5. The molecule has 0 bridgehead atoms. The van der Waals surface area contributed by atoms with E-state index >= 15 is 0 Å². The van der Waals surface area contributed by atoms with E-state index in [0.717, 1.165) is 17.1 Å². The Morgan fingerprint density at radius 1 is 0.297 bits per heavy atom. The summed E-state index contributed by atoms with van der Waals surface area (Å²) in [4.78, 5) is 2.51. The van der Waals surface area contributed by atoms with Crippen molar-refractivity contribution >= 4 is 17.1 Å². The third kappa shape index (κ3) is 5.71. The van der Waals surface area contributed by atoms with Crippen molar-refractivity contribution in [3.63, 3.8) is 0 Å². The quantitative estimate of drug-likeness (QED) is 0.148. The van der Waals surface area contributed by atoms with Crippen LogP contribution >= 0.6 is 0 Å². The van der Waals surface area contributed by atoms with Gasteiger partial charge in [0.05, 0.1) is 11.1 Å². The summed E-state index contributed by atoms with van der Waals surface area (Å²) in [6, 6.07) is 94.1. The lowest BCUT2D eigenvalue weighted by Gasteiger charge is -2.34. The number of benzene rings is 10. The highest BCUT2D eigenvalue weighted by Crippen LogP contribution is 2.60. The molecule has 0 saturated carbocycles. The summed E-state index contributed by atoms with van der Waals surface area (Å²) in [6.45, 7) is 2.39. The maximum atomic E-state index is 2.51. The van der Waals surface area contributed by atoms with Gasteiger partial charge in [-0.05, 0) is 121 Å². The van der Waals surface area contributed by atoms with Gasteiger partial charge < -0.3 is 4.90 Å². The summed E-state index contributed by atoms with van der Waals surface area (Å²) in [6.07, 6.45) is 0. The van der Waals surface area contributed by atoms with Crippen LogP contribution in [0, 0.1) is 0 Å². The average Bonchev–Trinajstić information content (AvgIpc) is 3.83. The van der Waals surface area contributed by atoms with E-state index in [0.29, 0.717) is 0 Å². The SMILES string of the molecule is CC1(c2ccccc2)c2ccccc2-c2cc(N(c3ccc(-c4cccc(-c5ccccc5)c4)cc3)c3cccc4c3-c3ccccc3C4(c3ccccc3)c3ccccc3)ccc21. The van der Waals surface area contributed by atoms with Crippen LogP contribution in [0.2, 0.25) is 0 Å². The molecule has 0 saturated heterocycles. The van der Waals surface area contributed by atoms with Gasteiger partial charge in [-0.2, -0.15) is 0 Å². The number of nitrogens with zero attached hydrogens (tertiary/aromatic N) is 1. The molecule has 64 heavy (non-hydrogen) atoms. The first kappa shape index (κ1) is 37.7. The Kier molecular flexibility index (Phi) is 8.91. The zero-order chi connectivity index (χ0) is 42.7. The molecule has 0 heterocycles. The molecule has 2 aliphatic carbocycles. The van der Waals surface area contributed by atoms with Gasteiger partial charge in [0.1, 0.15) is 0 Å². The van der Waals surface area contributed by atoms with Gasteiger partial charge in [-0.1, -0.05) is 218 Å². The van der Waals surface area contributed by atoms with Gasteiger partial charge in [0.25, 0.3) is 0 Å². The molecule has 0 fully saturated rings. The number of rotatable bonds is 8. The summed E-state index contributed by atoms with van der Waals surface area (Å²) >= 11 is 0. The Morgan fingerprint density at radius 3 is 1.42 bits per heavy atom. The second-order valence-electron chi connectivity index (χ2n) is 17.3. The number of hydrogen-bond acceptors (Lipinski definition) is 1. The van der Waals surface area contributed by atoms with Crippen molar-refractivity contribution in [2.75, 3.05) is 4.90 Å². The van der Waals surface area contributed by atoms with Gasteiger partial charge in [-0.25, -0.2) is 0 Å². The first-order chi connectivity index (χ1) is 31.6. The topological polar surface area (TPSA) is 3.24 Å². The first-order valence-corrected chi connectivity index (χ1v) is 22.3. The predicted molar refractivity (Wildman–Crippen MR) is 267 cm³/mol. The number of anilines is 3. The molecule has 0 aromatic heterocycles. The van der Waals surface area contributed by atoms with Crippen LogP contribution in [0.4, 0.5) is 17.1 Å². The molecule has 0 amide bonds. The van der Waals surface area contributed by atoms with Crippen molar-refractivity contribution in [3.05, 3.63) is 294 Å². The molecule has 1 nitrogen and oxygen atoms in total. The van der Waals surface area contributed by atoms with E-state index in [1.54, 1.807) is 0 Å². The fraction of sp³-hybridized carbons (Fsp3) is 0.0476. The molecule has 0 spiro atoms. The van der Waals surface area contributed by atoms with Crippen molar-refractivity contribution in [2.45, 2.75) is 17.8 Å².